The summed E-state index contributed by atoms with van der Waals surface area (Å²) < 4.78 is 5.49. The molecule has 38 heavy (non-hydrogen) atoms. The molecule has 6 heteroatoms. The van der Waals surface area contributed by atoms with Gasteiger partial charge in [-0.3, -0.25) is 9.78 Å². The molecule has 1 aliphatic carbocycles. The molecule has 1 aromatic heterocycles. The van der Waals surface area contributed by atoms with E-state index < -0.39 is 0 Å². The number of aldehydes is 1. The lowest BCUT2D eigenvalue weighted by Gasteiger charge is -2.36. The first-order valence-electron chi connectivity index (χ1n) is 14.4. The average Bonchev–Trinajstić information content (AvgIpc) is 2.96. The Labute approximate surface area is 228 Å². The summed E-state index contributed by atoms with van der Waals surface area (Å²) in [4.78, 5) is 18.0. The van der Waals surface area contributed by atoms with Crippen LogP contribution in [0.4, 0.5) is 5.69 Å². The highest BCUT2D eigenvalue weighted by Gasteiger charge is 2.27. The van der Waals surface area contributed by atoms with Crippen LogP contribution in [0, 0.1) is 6.92 Å². The van der Waals surface area contributed by atoms with Gasteiger partial charge in [0.1, 0.15) is 12.4 Å². The number of aromatic nitrogens is 1. The van der Waals surface area contributed by atoms with Crippen molar-refractivity contribution in [1.82, 2.24) is 15.2 Å². The largest absolute Gasteiger partial charge is 0.484 e. The van der Waals surface area contributed by atoms with Crippen LogP contribution in [0.5, 0.6) is 5.75 Å². The van der Waals surface area contributed by atoms with E-state index in [1.807, 2.05) is 27.0 Å². The molecule has 6 nitrogen and oxygen atoms in total. The van der Waals surface area contributed by atoms with Crippen LogP contribution < -0.4 is 15.4 Å². The van der Waals surface area contributed by atoms with Crippen molar-refractivity contribution < 1.29 is 9.53 Å². The Kier molecular flexibility index (Phi) is 10.1. The maximum atomic E-state index is 10.6. The molecule has 2 aromatic carbocycles. The minimum Gasteiger partial charge on any atom is -0.484 e. The maximum absolute atomic E-state index is 10.6. The van der Waals surface area contributed by atoms with Crippen LogP contribution in [-0.4, -0.2) is 55.5 Å². The van der Waals surface area contributed by atoms with E-state index in [1.165, 1.54) is 47.8 Å². The molecule has 0 amide bonds. The molecule has 1 saturated heterocycles. The number of nitrogens with one attached hydrogen (secondary N) is 2. The molecule has 0 radical (unpaired) electrons. The number of piperidine rings is 1. The Morgan fingerprint density at radius 3 is 2.68 bits per heavy atom. The number of ether oxygens (including phenoxy) is 1. The number of carbonyl (C=O) groups excluding carboxylic acids is 1. The second-order valence-electron chi connectivity index (χ2n) is 10.3. The Morgan fingerprint density at radius 1 is 1.11 bits per heavy atom. The van der Waals surface area contributed by atoms with Crippen molar-refractivity contribution in [2.24, 2.45) is 0 Å². The second-order valence-corrected chi connectivity index (χ2v) is 10.3. The standard InChI is InChI=1S/C30H38N4O2.C2H6/c1-21-6-8-27-26(16-21)30-23(19-33-27)4-3-5-24(30)20-34-12-10-25(11-13-34)32-18-22-7-9-29(36-15-14-35)28(17-22)31-2;1-2/h6-9,14,16-17,19,24-25,31-32H,3-5,10-13,15,18,20H2,1-2H3;1-2H3. The van der Waals surface area contributed by atoms with Crippen LogP contribution in [0.3, 0.4) is 0 Å². The highest BCUT2D eigenvalue weighted by atomic mass is 16.5. The SMILES string of the molecule is CC.CNc1cc(CNC2CCN(CC3CCCc4cnc5ccc(C)cc5c43)CC2)ccc1OCC=O. The predicted octanol–water partition coefficient (Wildman–Crippen LogP) is 5.86. The van der Waals surface area contributed by atoms with E-state index in [0.29, 0.717) is 17.7 Å². The zero-order chi connectivity index (χ0) is 26.9. The number of nitrogens with zero attached hydrogens (tertiary/aromatic N) is 2. The maximum Gasteiger partial charge on any atom is 0.157 e. The number of rotatable bonds is 9. The van der Waals surface area contributed by atoms with Crippen LogP contribution in [0.25, 0.3) is 10.9 Å². The normalized spacial score (nSPS) is 17.8. The fourth-order valence-electron chi connectivity index (χ4n) is 5.94. The summed E-state index contributed by atoms with van der Waals surface area (Å²) in [7, 11) is 1.88. The van der Waals surface area contributed by atoms with Gasteiger partial charge in [0.15, 0.2) is 6.29 Å². The number of benzene rings is 2. The lowest BCUT2D eigenvalue weighted by Crippen LogP contribution is -2.43. The molecule has 1 unspecified atom stereocenters. The van der Waals surface area contributed by atoms with Gasteiger partial charge in [-0.15, -0.1) is 0 Å². The molecule has 0 spiro atoms. The Bertz CT molecular complexity index is 1200. The van der Waals surface area contributed by atoms with Gasteiger partial charge in [-0.25, -0.2) is 0 Å². The number of carbonyl (C=O) groups is 1. The van der Waals surface area contributed by atoms with E-state index in [2.05, 4.69) is 59.0 Å². The van der Waals surface area contributed by atoms with Gasteiger partial charge >= 0.3 is 0 Å². The minimum atomic E-state index is 0.0735. The summed E-state index contributed by atoms with van der Waals surface area (Å²) in [5, 5.41) is 8.30. The summed E-state index contributed by atoms with van der Waals surface area (Å²) in [6.07, 6.45) is 8.96. The zero-order valence-corrected chi connectivity index (χ0v) is 23.6. The van der Waals surface area contributed by atoms with Gasteiger partial charge in [0.2, 0.25) is 0 Å². The van der Waals surface area contributed by atoms with Crippen LogP contribution in [0.1, 0.15) is 67.7 Å². The molecule has 204 valence electrons. The number of hydrogen-bond donors (Lipinski definition) is 2. The third-order valence-corrected chi connectivity index (χ3v) is 7.84. The van der Waals surface area contributed by atoms with Crippen molar-refractivity contribution >= 4 is 22.9 Å². The number of anilines is 1. The monoisotopic (exact) mass is 516 g/mol. The van der Waals surface area contributed by atoms with Crippen LogP contribution in [-0.2, 0) is 17.8 Å². The first kappa shape index (κ1) is 28.1. The van der Waals surface area contributed by atoms with Crippen molar-refractivity contribution in [2.45, 2.75) is 71.4 Å². The lowest BCUT2D eigenvalue weighted by atomic mass is 9.80. The quantitative estimate of drug-likeness (QED) is 0.347. The first-order chi connectivity index (χ1) is 18.6. The van der Waals surface area contributed by atoms with Crippen molar-refractivity contribution in [3.63, 3.8) is 0 Å². The molecule has 1 aliphatic heterocycles. The third kappa shape index (κ3) is 6.72. The molecule has 2 heterocycles. The molecular weight excluding hydrogens is 472 g/mol. The van der Waals surface area contributed by atoms with E-state index in [1.54, 1.807) is 5.56 Å². The molecule has 2 aliphatic rings. The third-order valence-electron chi connectivity index (χ3n) is 7.84. The highest BCUT2D eigenvalue weighted by molar-refractivity contribution is 5.84. The van der Waals surface area contributed by atoms with Crippen LogP contribution >= 0.6 is 0 Å². The summed E-state index contributed by atoms with van der Waals surface area (Å²) in [5.41, 5.74) is 7.62. The smallest absolute Gasteiger partial charge is 0.157 e. The van der Waals surface area contributed by atoms with E-state index >= 15 is 0 Å². The van der Waals surface area contributed by atoms with E-state index in [-0.39, 0.29) is 6.61 Å². The summed E-state index contributed by atoms with van der Waals surface area (Å²) in [6.45, 7) is 10.5. The van der Waals surface area contributed by atoms with Crippen LogP contribution in [0.15, 0.2) is 42.6 Å². The molecule has 0 bridgehead atoms. The fraction of sp³-hybridized carbons (Fsp3) is 0.500. The van der Waals surface area contributed by atoms with Crippen molar-refractivity contribution in [2.75, 3.05) is 38.6 Å². The second kappa shape index (κ2) is 13.7. The summed E-state index contributed by atoms with van der Waals surface area (Å²) in [6, 6.07) is 13.4. The van der Waals surface area contributed by atoms with Crippen molar-refractivity contribution in [3.05, 3.63) is 64.8 Å². The molecule has 0 saturated carbocycles. The lowest BCUT2D eigenvalue weighted by molar-refractivity contribution is -0.109. The number of aryl methyl sites for hydroxylation is 2. The number of pyridine rings is 1. The van der Waals surface area contributed by atoms with Gasteiger partial charge in [-0.1, -0.05) is 31.5 Å². The number of likely N-dealkylation sites (tertiary alicyclic amines) is 1. The van der Waals surface area contributed by atoms with Gasteiger partial charge < -0.3 is 20.3 Å². The molecule has 2 N–H and O–H groups in total. The topological polar surface area (TPSA) is 66.5 Å². The van der Waals surface area contributed by atoms with Gasteiger partial charge in [-0.2, -0.15) is 0 Å². The molecule has 5 rings (SSSR count). The Hall–Kier alpha value is -2.96. The Balaban J connectivity index is 0.00000164. The van der Waals surface area contributed by atoms with Crippen LogP contribution in [0.2, 0.25) is 0 Å². The summed E-state index contributed by atoms with van der Waals surface area (Å²) >= 11 is 0. The van der Waals surface area contributed by atoms with Gasteiger partial charge in [0, 0.05) is 37.8 Å². The number of fused-ring (bicyclic) bond motifs is 3. The average molecular weight is 517 g/mol. The molecule has 1 atom stereocenters. The van der Waals surface area contributed by atoms with E-state index in [0.717, 1.165) is 50.1 Å². The fourth-order valence-corrected chi connectivity index (χ4v) is 5.94. The Morgan fingerprint density at radius 2 is 1.92 bits per heavy atom. The van der Waals surface area contributed by atoms with Crippen molar-refractivity contribution in [1.29, 1.82) is 0 Å². The highest BCUT2D eigenvalue weighted by Crippen LogP contribution is 2.37. The van der Waals surface area contributed by atoms with E-state index in [4.69, 9.17) is 9.72 Å². The van der Waals surface area contributed by atoms with Gasteiger partial charge in [0.25, 0.3) is 0 Å². The molecule has 3 aromatic rings. The van der Waals surface area contributed by atoms with Crippen molar-refractivity contribution in [3.8, 4) is 5.75 Å². The minimum absolute atomic E-state index is 0.0735. The van der Waals surface area contributed by atoms with Gasteiger partial charge in [-0.05, 0) is 99.0 Å². The molecular formula is C32H44N4O2. The number of hydrogen-bond acceptors (Lipinski definition) is 6. The van der Waals surface area contributed by atoms with E-state index in [9.17, 15) is 4.79 Å². The van der Waals surface area contributed by atoms with Gasteiger partial charge in [0.05, 0.1) is 11.2 Å². The zero-order valence-electron chi connectivity index (χ0n) is 23.6. The summed E-state index contributed by atoms with van der Waals surface area (Å²) in [5.74, 6) is 1.31. The predicted molar refractivity (Wildman–Crippen MR) is 157 cm³/mol. The first-order valence-corrected chi connectivity index (χ1v) is 14.4. The molecule has 1 fully saturated rings.